The number of hydrogen-bond acceptors (Lipinski definition) is 9. The Balaban J connectivity index is 1.18. The Morgan fingerprint density at radius 1 is 1.07 bits per heavy atom. The Morgan fingerprint density at radius 3 is 2.61 bits per heavy atom. The van der Waals surface area contributed by atoms with E-state index in [0.29, 0.717) is 17.4 Å². The second kappa shape index (κ2) is 10.8. The van der Waals surface area contributed by atoms with E-state index >= 15 is 0 Å². The van der Waals surface area contributed by atoms with E-state index in [9.17, 15) is 23.3 Å². The van der Waals surface area contributed by atoms with Crippen LogP contribution in [-0.4, -0.2) is 59.3 Å². The fraction of sp³-hybridized carbons (Fsp3) is 0.286. The van der Waals surface area contributed by atoms with Gasteiger partial charge in [0.1, 0.15) is 22.8 Å². The molecule has 1 saturated carbocycles. The van der Waals surface area contributed by atoms with Gasteiger partial charge in [0.2, 0.25) is 0 Å². The van der Waals surface area contributed by atoms with Crippen LogP contribution in [0.15, 0.2) is 71.9 Å². The minimum absolute atomic E-state index is 0.0319. The summed E-state index contributed by atoms with van der Waals surface area (Å²) in [6.45, 7) is 1.86. The number of aromatic nitrogens is 2. The molecule has 2 aliphatic rings. The number of nitrogens with zero attached hydrogens (tertiary/aromatic N) is 3. The normalized spacial score (nSPS) is 16.4. The number of fused-ring (bicyclic) bond motifs is 1. The van der Waals surface area contributed by atoms with Crippen LogP contribution in [0, 0.1) is 10.1 Å². The van der Waals surface area contributed by atoms with E-state index in [4.69, 9.17) is 4.74 Å². The molecule has 1 amide bonds. The third-order valence-electron chi connectivity index (χ3n) is 7.39. The molecule has 2 aromatic heterocycles. The van der Waals surface area contributed by atoms with Crippen LogP contribution in [0.5, 0.6) is 11.5 Å². The second-order valence-electron chi connectivity index (χ2n) is 10.2. The summed E-state index contributed by atoms with van der Waals surface area (Å²) in [6, 6.07) is 14.1. The van der Waals surface area contributed by atoms with E-state index in [1.165, 1.54) is 43.3 Å². The summed E-state index contributed by atoms with van der Waals surface area (Å²) in [5.41, 5.74) is 0.512. The molecular weight excluding hydrogens is 548 g/mol. The molecule has 0 unspecified atom stereocenters. The molecule has 3 heterocycles. The zero-order valence-corrected chi connectivity index (χ0v) is 22.8. The summed E-state index contributed by atoms with van der Waals surface area (Å²) >= 11 is 0. The standard InChI is InChI=1S/C28H28N6O6S/c35-28(23-3-1-2-4-26(23)40-21-15-18-9-12-29-27(18)30-17-21)32-41(38,39)22-7-8-24(25(16-22)34(36)37)31-19-10-13-33(14-11-19)20-5-6-20/h1-4,7-9,12,15-17,19-20,31H,5-6,10-11,13-14H2,(H,29,30)(H,32,35). The van der Waals surface area contributed by atoms with Crippen LogP contribution in [-0.2, 0) is 10.0 Å². The number of ether oxygens (including phenoxy) is 1. The largest absolute Gasteiger partial charge is 0.455 e. The lowest BCUT2D eigenvalue weighted by Crippen LogP contribution is -2.40. The van der Waals surface area contributed by atoms with Crippen molar-refractivity contribution in [1.82, 2.24) is 19.6 Å². The number of sulfonamides is 1. The molecule has 3 N–H and O–H groups in total. The Bertz CT molecular complexity index is 1730. The average molecular weight is 577 g/mol. The number of para-hydroxylation sites is 1. The van der Waals surface area contributed by atoms with Crippen LogP contribution in [0.1, 0.15) is 36.0 Å². The SMILES string of the molecule is O=C(NS(=O)(=O)c1ccc(NC2CCN(C3CC3)CC2)c([N+](=O)[O-])c1)c1ccccc1Oc1cnc2[nH]ccc2c1. The van der Waals surface area contributed by atoms with E-state index in [-0.39, 0.29) is 28.7 Å². The molecule has 12 nitrogen and oxygen atoms in total. The van der Waals surface area contributed by atoms with Gasteiger partial charge in [-0.25, -0.2) is 18.1 Å². The highest BCUT2D eigenvalue weighted by molar-refractivity contribution is 7.90. The van der Waals surface area contributed by atoms with E-state index in [1.807, 2.05) is 10.8 Å². The number of nitro benzene ring substituents is 1. The number of pyridine rings is 1. The monoisotopic (exact) mass is 576 g/mol. The van der Waals surface area contributed by atoms with Gasteiger partial charge in [0.25, 0.3) is 21.6 Å². The van der Waals surface area contributed by atoms with E-state index in [1.54, 1.807) is 24.4 Å². The molecule has 1 aliphatic heterocycles. The minimum atomic E-state index is -4.44. The van der Waals surface area contributed by atoms with Crippen LogP contribution >= 0.6 is 0 Å². The lowest BCUT2D eigenvalue weighted by Gasteiger charge is -2.32. The zero-order valence-electron chi connectivity index (χ0n) is 21.9. The quantitative estimate of drug-likeness (QED) is 0.194. The molecule has 0 spiro atoms. The molecule has 212 valence electrons. The predicted octanol–water partition coefficient (Wildman–Crippen LogP) is 4.42. The molecule has 2 aromatic carbocycles. The molecule has 1 aliphatic carbocycles. The van der Waals surface area contributed by atoms with Crippen molar-refractivity contribution in [3.63, 3.8) is 0 Å². The first-order valence-electron chi connectivity index (χ1n) is 13.3. The Morgan fingerprint density at radius 2 is 1.85 bits per heavy atom. The summed E-state index contributed by atoms with van der Waals surface area (Å²) in [5, 5.41) is 15.9. The maximum absolute atomic E-state index is 13.1. The number of likely N-dealkylation sites (tertiary alicyclic amines) is 1. The molecular formula is C28H28N6O6S. The van der Waals surface area contributed by atoms with Crippen molar-refractivity contribution in [3.8, 4) is 11.5 Å². The summed E-state index contributed by atoms with van der Waals surface area (Å²) in [7, 11) is -4.44. The summed E-state index contributed by atoms with van der Waals surface area (Å²) in [6.07, 6.45) is 7.38. The number of anilines is 1. The number of carbonyl (C=O) groups excluding carboxylic acids is 1. The van der Waals surface area contributed by atoms with Crippen LogP contribution in [0.3, 0.4) is 0 Å². The van der Waals surface area contributed by atoms with Crippen LogP contribution in [0.2, 0.25) is 0 Å². The summed E-state index contributed by atoms with van der Waals surface area (Å²) in [5.74, 6) is -0.462. The van der Waals surface area contributed by atoms with Gasteiger partial charge in [-0.15, -0.1) is 0 Å². The molecule has 0 bridgehead atoms. The topological polar surface area (TPSA) is 160 Å². The maximum Gasteiger partial charge on any atom is 0.293 e. The molecule has 1 saturated heterocycles. The van der Waals surface area contributed by atoms with Crippen molar-refractivity contribution < 1.29 is 22.9 Å². The van der Waals surface area contributed by atoms with Crippen molar-refractivity contribution in [2.75, 3.05) is 18.4 Å². The lowest BCUT2D eigenvalue weighted by molar-refractivity contribution is -0.384. The van der Waals surface area contributed by atoms with Crippen molar-refractivity contribution in [1.29, 1.82) is 0 Å². The van der Waals surface area contributed by atoms with Crippen LogP contribution < -0.4 is 14.8 Å². The zero-order chi connectivity index (χ0) is 28.6. The number of hydrogen-bond donors (Lipinski definition) is 3. The second-order valence-corrected chi connectivity index (χ2v) is 11.9. The molecule has 2 fully saturated rings. The average Bonchev–Trinajstić information content (AvgIpc) is 3.70. The molecule has 0 atom stereocenters. The first-order chi connectivity index (χ1) is 19.8. The Labute approximate surface area is 235 Å². The van der Waals surface area contributed by atoms with Crippen LogP contribution in [0.4, 0.5) is 11.4 Å². The molecule has 4 aromatic rings. The van der Waals surface area contributed by atoms with Gasteiger partial charge >= 0.3 is 0 Å². The number of nitro groups is 1. The summed E-state index contributed by atoms with van der Waals surface area (Å²) in [4.78, 5) is 33.6. The Kier molecular flexibility index (Phi) is 7.05. The van der Waals surface area contributed by atoms with Crippen molar-refractivity contribution in [2.24, 2.45) is 0 Å². The fourth-order valence-corrected chi connectivity index (χ4v) is 6.09. The summed E-state index contributed by atoms with van der Waals surface area (Å²) < 4.78 is 34.2. The predicted molar refractivity (Wildman–Crippen MR) is 152 cm³/mol. The molecule has 0 radical (unpaired) electrons. The van der Waals surface area contributed by atoms with Gasteiger partial charge in [-0.2, -0.15) is 0 Å². The first-order valence-corrected chi connectivity index (χ1v) is 14.8. The minimum Gasteiger partial charge on any atom is -0.455 e. The van der Waals surface area contributed by atoms with Gasteiger partial charge < -0.3 is 19.9 Å². The number of H-pyrrole nitrogens is 1. The van der Waals surface area contributed by atoms with Gasteiger partial charge in [0.15, 0.2) is 0 Å². The third kappa shape index (κ3) is 5.86. The van der Waals surface area contributed by atoms with Crippen molar-refractivity contribution in [3.05, 3.63) is 82.7 Å². The number of amides is 1. The van der Waals surface area contributed by atoms with Gasteiger partial charge in [0.05, 0.1) is 21.6 Å². The highest BCUT2D eigenvalue weighted by Crippen LogP contribution is 2.33. The smallest absolute Gasteiger partial charge is 0.293 e. The first kappa shape index (κ1) is 26.7. The number of piperidine rings is 1. The number of carbonyl (C=O) groups is 1. The highest BCUT2D eigenvalue weighted by atomic mass is 32.2. The van der Waals surface area contributed by atoms with Gasteiger partial charge in [-0.05, 0) is 62.1 Å². The van der Waals surface area contributed by atoms with E-state index in [2.05, 4.69) is 20.2 Å². The number of aromatic amines is 1. The number of benzene rings is 2. The maximum atomic E-state index is 13.1. The lowest BCUT2D eigenvalue weighted by atomic mass is 10.0. The van der Waals surface area contributed by atoms with E-state index in [0.717, 1.165) is 37.4 Å². The van der Waals surface area contributed by atoms with E-state index < -0.39 is 25.7 Å². The molecule has 13 heteroatoms. The third-order valence-corrected chi connectivity index (χ3v) is 8.72. The van der Waals surface area contributed by atoms with Crippen molar-refractivity contribution in [2.45, 2.75) is 42.7 Å². The molecule has 41 heavy (non-hydrogen) atoms. The van der Waals surface area contributed by atoms with Gasteiger partial charge in [-0.1, -0.05) is 12.1 Å². The van der Waals surface area contributed by atoms with Gasteiger partial charge in [-0.3, -0.25) is 14.9 Å². The Hall–Kier alpha value is -4.49. The van der Waals surface area contributed by atoms with Gasteiger partial charge in [0, 0.05) is 42.8 Å². The number of rotatable bonds is 9. The van der Waals surface area contributed by atoms with Crippen LogP contribution in [0.25, 0.3) is 11.0 Å². The van der Waals surface area contributed by atoms with Crippen molar-refractivity contribution >= 4 is 38.3 Å². The molecule has 6 rings (SSSR count). The number of nitrogens with one attached hydrogen (secondary N) is 3. The fourth-order valence-electron chi connectivity index (χ4n) is 5.10. The highest BCUT2D eigenvalue weighted by Gasteiger charge is 2.32.